The van der Waals surface area contributed by atoms with Crippen LogP contribution in [0.1, 0.15) is 12.8 Å². The van der Waals surface area contributed by atoms with Crippen LogP contribution in [0.5, 0.6) is 0 Å². The average molecular weight is 183 g/mol. The number of nitrogens with one attached hydrogen (secondary N) is 1. The quantitative estimate of drug-likeness (QED) is 0.599. The molecule has 2 N–H and O–H groups in total. The van der Waals surface area contributed by atoms with Gasteiger partial charge in [-0.3, -0.25) is 0 Å². The number of aliphatic hydroxyl groups excluding tert-OH is 1. The molecule has 1 rings (SSSR count). The Morgan fingerprint density at radius 2 is 2.31 bits per heavy atom. The van der Waals surface area contributed by atoms with Crippen molar-refractivity contribution in [3.05, 3.63) is 24.0 Å². The smallest absolute Gasteiger partial charge is 0.115 e. The molecule has 0 bridgehead atoms. The second kappa shape index (κ2) is 6.69. The van der Waals surface area contributed by atoms with E-state index in [1.807, 2.05) is 6.08 Å². The summed E-state index contributed by atoms with van der Waals surface area (Å²) in [4.78, 5) is 0. The van der Waals surface area contributed by atoms with E-state index in [4.69, 9.17) is 9.84 Å². The van der Waals surface area contributed by atoms with Crippen molar-refractivity contribution >= 4 is 0 Å². The van der Waals surface area contributed by atoms with Crippen molar-refractivity contribution in [1.82, 2.24) is 5.32 Å². The van der Waals surface area contributed by atoms with Crippen LogP contribution in [0.3, 0.4) is 0 Å². The normalized spacial score (nSPS) is 15.6. The zero-order valence-electron chi connectivity index (χ0n) is 7.83. The summed E-state index contributed by atoms with van der Waals surface area (Å²) in [6, 6.07) is 0. The van der Waals surface area contributed by atoms with Gasteiger partial charge in [-0.15, -0.1) is 0 Å². The van der Waals surface area contributed by atoms with Gasteiger partial charge in [0.1, 0.15) is 12.4 Å². The van der Waals surface area contributed by atoms with Gasteiger partial charge in [-0.25, -0.2) is 0 Å². The number of hydrogen-bond acceptors (Lipinski definition) is 3. The lowest BCUT2D eigenvalue weighted by atomic mass is 10.2. The molecule has 0 saturated carbocycles. The summed E-state index contributed by atoms with van der Waals surface area (Å²) in [5.41, 5.74) is 0. The van der Waals surface area contributed by atoms with Crippen molar-refractivity contribution in [2.24, 2.45) is 0 Å². The molecule has 0 aliphatic heterocycles. The third kappa shape index (κ3) is 4.70. The first-order chi connectivity index (χ1) is 6.43. The Balaban J connectivity index is 1.99. The van der Waals surface area contributed by atoms with Crippen LogP contribution in [0.4, 0.5) is 0 Å². The topological polar surface area (TPSA) is 41.5 Å². The molecule has 0 aromatic carbocycles. The van der Waals surface area contributed by atoms with Crippen LogP contribution in [0, 0.1) is 0 Å². The highest BCUT2D eigenvalue weighted by Gasteiger charge is 1.96. The highest BCUT2D eigenvalue weighted by Crippen LogP contribution is 2.09. The molecule has 0 spiro atoms. The van der Waals surface area contributed by atoms with Gasteiger partial charge in [0, 0.05) is 13.1 Å². The fourth-order valence-corrected chi connectivity index (χ4v) is 1.14. The molecule has 0 aromatic rings. The first-order valence-electron chi connectivity index (χ1n) is 4.74. The van der Waals surface area contributed by atoms with Gasteiger partial charge >= 0.3 is 0 Å². The molecule has 0 atom stereocenters. The van der Waals surface area contributed by atoms with E-state index in [-0.39, 0.29) is 6.61 Å². The Labute approximate surface area is 79.1 Å². The first kappa shape index (κ1) is 10.3. The number of hydrogen-bond donors (Lipinski definition) is 2. The fraction of sp³-hybridized carbons (Fsp3) is 0.600. The number of aliphatic hydroxyl groups is 1. The predicted molar refractivity (Wildman–Crippen MR) is 52.4 cm³/mol. The van der Waals surface area contributed by atoms with Crippen LogP contribution in [0.25, 0.3) is 0 Å². The summed E-state index contributed by atoms with van der Waals surface area (Å²) in [5.74, 6) is 0.969. The van der Waals surface area contributed by atoms with Crippen molar-refractivity contribution in [3.8, 4) is 0 Å². The summed E-state index contributed by atoms with van der Waals surface area (Å²) < 4.78 is 5.46. The minimum absolute atomic E-state index is 0.183. The molecular formula is C10H17NO2. The number of ether oxygens (including phenoxy) is 1. The van der Waals surface area contributed by atoms with Gasteiger partial charge in [0.25, 0.3) is 0 Å². The molecule has 74 valence electrons. The van der Waals surface area contributed by atoms with E-state index in [0.29, 0.717) is 13.2 Å². The minimum Gasteiger partial charge on any atom is -0.493 e. The molecule has 0 heterocycles. The van der Waals surface area contributed by atoms with Crippen LogP contribution < -0.4 is 5.32 Å². The van der Waals surface area contributed by atoms with Gasteiger partial charge in [-0.1, -0.05) is 6.08 Å². The van der Waals surface area contributed by atoms with Gasteiger partial charge in [0.15, 0.2) is 0 Å². The highest BCUT2D eigenvalue weighted by atomic mass is 16.5. The molecule has 0 fully saturated rings. The zero-order chi connectivity index (χ0) is 9.36. The first-order valence-corrected chi connectivity index (χ1v) is 4.74. The number of allylic oxidation sites excluding steroid dienone is 3. The maximum atomic E-state index is 8.49. The van der Waals surface area contributed by atoms with Crippen molar-refractivity contribution in [2.45, 2.75) is 12.8 Å². The van der Waals surface area contributed by atoms with Gasteiger partial charge in [-0.05, 0) is 25.0 Å². The SMILES string of the molecule is OCCNCCOC1=CCCC=C1. The third-order valence-corrected chi connectivity index (χ3v) is 1.80. The summed E-state index contributed by atoms with van der Waals surface area (Å²) in [6.45, 7) is 2.27. The van der Waals surface area contributed by atoms with E-state index in [1.54, 1.807) is 0 Å². The van der Waals surface area contributed by atoms with E-state index in [9.17, 15) is 0 Å². The van der Waals surface area contributed by atoms with E-state index in [2.05, 4.69) is 17.5 Å². The summed E-state index contributed by atoms with van der Waals surface area (Å²) in [7, 11) is 0. The van der Waals surface area contributed by atoms with Crippen LogP contribution in [0.2, 0.25) is 0 Å². The molecule has 3 nitrogen and oxygen atoms in total. The number of rotatable bonds is 6. The van der Waals surface area contributed by atoms with Crippen molar-refractivity contribution in [1.29, 1.82) is 0 Å². The molecule has 3 heteroatoms. The molecule has 0 aromatic heterocycles. The lowest BCUT2D eigenvalue weighted by Crippen LogP contribution is -2.22. The van der Waals surface area contributed by atoms with Crippen LogP contribution >= 0.6 is 0 Å². The van der Waals surface area contributed by atoms with Crippen LogP contribution in [0.15, 0.2) is 24.0 Å². The van der Waals surface area contributed by atoms with Gasteiger partial charge in [0.05, 0.1) is 6.61 Å². The second-order valence-electron chi connectivity index (χ2n) is 2.91. The van der Waals surface area contributed by atoms with Crippen LogP contribution in [-0.2, 0) is 4.74 Å². The lowest BCUT2D eigenvalue weighted by Gasteiger charge is -2.09. The van der Waals surface area contributed by atoms with Crippen molar-refractivity contribution < 1.29 is 9.84 Å². The fourth-order valence-electron chi connectivity index (χ4n) is 1.14. The molecule has 0 amide bonds. The third-order valence-electron chi connectivity index (χ3n) is 1.80. The Morgan fingerprint density at radius 3 is 3.00 bits per heavy atom. The lowest BCUT2D eigenvalue weighted by molar-refractivity contribution is 0.217. The molecule has 1 aliphatic rings. The average Bonchev–Trinajstić information content (AvgIpc) is 2.19. The maximum Gasteiger partial charge on any atom is 0.115 e. The van der Waals surface area contributed by atoms with Crippen LogP contribution in [-0.4, -0.2) is 31.4 Å². The van der Waals surface area contributed by atoms with Gasteiger partial charge < -0.3 is 15.2 Å². The second-order valence-corrected chi connectivity index (χ2v) is 2.91. The molecular weight excluding hydrogens is 166 g/mol. The predicted octanol–water partition coefficient (Wildman–Crippen LogP) is 0.819. The minimum atomic E-state index is 0.183. The molecule has 0 radical (unpaired) electrons. The summed E-state index contributed by atoms with van der Waals surface area (Å²) in [6.07, 6.45) is 8.43. The highest BCUT2D eigenvalue weighted by molar-refractivity contribution is 5.15. The van der Waals surface area contributed by atoms with Gasteiger partial charge in [-0.2, -0.15) is 0 Å². The Morgan fingerprint density at radius 1 is 1.38 bits per heavy atom. The standard InChI is InChI=1S/C10H17NO2/c12-8-6-11-7-9-13-10-4-2-1-3-5-10/h2,4-5,11-12H,1,3,6-9H2. The summed E-state index contributed by atoms with van der Waals surface area (Å²) in [5, 5.41) is 11.5. The Hall–Kier alpha value is -0.800. The monoisotopic (exact) mass is 183 g/mol. The molecule has 13 heavy (non-hydrogen) atoms. The molecule has 0 saturated heterocycles. The molecule has 0 unspecified atom stereocenters. The Kier molecular flexibility index (Phi) is 5.29. The van der Waals surface area contributed by atoms with E-state index in [0.717, 1.165) is 25.1 Å². The largest absolute Gasteiger partial charge is 0.493 e. The van der Waals surface area contributed by atoms with E-state index in [1.165, 1.54) is 0 Å². The summed E-state index contributed by atoms with van der Waals surface area (Å²) >= 11 is 0. The van der Waals surface area contributed by atoms with E-state index >= 15 is 0 Å². The van der Waals surface area contributed by atoms with Gasteiger partial charge in [0.2, 0.25) is 0 Å². The Bertz CT molecular complexity index is 187. The zero-order valence-corrected chi connectivity index (χ0v) is 7.83. The van der Waals surface area contributed by atoms with Crippen molar-refractivity contribution in [2.75, 3.05) is 26.3 Å². The van der Waals surface area contributed by atoms with Crippen molar-refractivity contribution in [3.63, 3.8) is 0 Å². The van der Waals surface area contributed by atoms with E-state index < -0.39 is 0 Å². The molecule has 1 aliphatic carbocycles. The maximum absolute atomic E-state index is 8.49.